The Morgan fingerprint density at radius 1 is 1.00 bits per heavy atom. The van der Waals surface area contributed by atoms with Gasteiger partial charge in [0.25, 0.3) is 0 Å². The van der Waals surface area contributed by atoms with E-state index in [0.29, 0.717) is 11.3 Å². The number of fused-ring (bicyclic) bond motifs is 1. The third kappa shape index (κ3) is 2.51. The van der Waals surface area contributed by atoms with Crippen molar-refractivity contribution in [3.05, 3.63) is 59.4 Å². The predicted molar refractivity (Wildman–Crippen MR) is 75.1 cm³/mol. The van der Waals surface area contributed by atoms with Gasteiger partial charge < -0.3 is 4.40 Å². The zero-order chi connectivity index (χ0) is 15.2. The first kappa shape index (κ1) is 13.7. The van der Waals surface area contributed by atoms with Crippen LogP contribution in [0, 0.1) is 13.8 Å². The van der Waals surface area contributed by atoms with Crippen molar-refractivity contribution in [2.45, 2.75) is 20.0 Å². The van der Waals surface area contributed by atoms with Crippen LogP contribution in [-0.2, 0) is 6.18 Å². The summed E-state index contributed by atoms with van der Waals surface area (Å²) >= 11 is 0. The molecular formula is C16H13F3N2. The second-order valence-corrected chi connectivity index (χ2v) is 5.13. The number of benzene rings is 1. The number of rotatable bonds is 1. The van der Waals surface area contributed by atoms with Gasteiger partial charge in [-0.3, -0.25) is 0 Å². The molecule has 0 aliphatic carbocycles. The minimum atomic E-state index is -4.35. The van der Waals surface area contributed by atoms with Crippen LogP contribution in [0.25, 0.3) is 16.9 Å². The fourth-order valence-corrected chi connectivity index (χ4v) is 2.39. The summed E-state index contributed by atoms with van der Waals surface area (Å²) in [5, 5.41) is 0. The SMILES string of the molecule is Cc1ccc(-c2cn3cc(C(F)(F)F)ccc3n2)c(C)c1. The van der Waals surface area contributed by atoms with E-state index < -0.39 is 11.7 Å². The topological polar surface area (TPSA) is 17.3 Å². The van der Waals surface area contributed by atoms with Crippen LogP contribution in [-0.4, -0.2) is 9.38 Å². The maximum Gasteiger partial charge on any atom is 0.417 e. The Balaban J connectivity index is 2.13. The zero-order valence-electron chi connectivity index (χ0n) is 11.6. The average molecular weight is 290 g/mol. The molecule has 0 atom stereocenters. The molecule has 0 aliphatic rings. The maximum absolute atomic E-state index is 12.7. The van der Waals surface area contributed by atoms with Crippen LogP contribution >= 0.6 is 0 Å². The van der Waals surface area contributed by atoms with Crippen molar-refractivity contribution in [3.63, 3.8) is 0 Å². The lowest BCUT2D eigenvalue weighted by molar-refractivity contribution is -0.137. The van der Waals surface area contributed by atoms with Crippen molar-refractivity contribution in [3.8, 4) is 11.3 Å². The van der Waals surface area contributed by atoms with Crippen molar-refractivity contribution in [2.24, 2.45) is 0 Å². The molecule has 3 aromatic rings. The van der Waals surface area contributed by atoms with Crippen LogP contribution in [0.3, 0.4) is 0 Å². The molecule has 5 heteroatoms. The first-order valence-corrected chi connectivity index (χ1v) is 6.48. The van der Waals surface area contributed by atoms with E-state index in [1.165, 1.54) is 10.5 Å². The molecule has 0 amide bonds. The molecule has 0 fully saturated rings. The highest BCUT2D eigenvalue weighted by molar-refractivity contribution is 5.66. The van der Waals surface area contributed by atoms with Crippen molar-refractivity contribution < 1.29 is 13.2 Å². The molecule has 0 spiro atoms. The third-order valence-electron chi connectivity index (χ3n) is 3.44. The van der Waals surface area contributed by atoms with Crippen molar-refractivity contribution >= 4 is 5.65 Å². The minimum Gasteiger partial charge on any atom is -0.306 e. The quantitative estimate of drug-likeness (QED) is 0.638. The van der Waals surface area contributed by atoms with E-state index in [1.54, 1.807) is 6.20 Å². The molecule has 0 bridgehead atoms. The standard InChI is InChI=1S/C16H13F3N2/c1-10-3-5-13(11(2)7-10)14-9-21-8-12(16(17,18)19)4-6-15(21)20-14/h3-9H,1-2H3. The maximum atomic E-state index is 12.7. The predicted octanol–water partition coefficient (Wildman–Crippen LogP) is 4.64. The normalized spacial score (nSPS) is 12.0. The van der Waals surface area contributed by atoms with Crippen LogP contribution in [0.2, 0.25) is 0 Å². The van der Waals surface area contributed by atoms with E-state index in [0.717, 1.165) is 29.0 Å². The second kappa shape index (κ2) is 4.62. The van der Waals surface area contributed by atoms with Crippen LogP contribution in [0.1, 0.15) is 16.7 Å². The van der Waals surface area contributed by atoms with Gasteiger partial charge in [0.05, 0.1) is 11.3 Å². The molecule has 0 radical (unpaired) electrons. The van der Waals surface area contributed by atoms with Crippen LogP contribution in [0.5, 0.6) is 0 Å². The lowest BCUT2D eigenvalue weighted by atomic mass is 10.0. The molecule has 0 N–H and O–H groups in total. The van der Waals surface area contributed by atoms with Gasteiger partial charge in [0, 0.05) is 18.0 Å². The Morgan fingerprint density at radius 2 is 1.76 bits per heavy atom. The van der Waals surface area contributed by atoms with Gasteiger partial charge in [-0.1, -0.05) is 23.8 Å². The largest absolute Gasteiger partial charge is 0.417 e. The molecule has 2 heterocycles. The number of alkyl halides is 3. The second-order valence-electron chi connectivity index (χ2n) is 5.13. The number of pyridine rings is 1. The monoisotopic (exact) mass is 290 g/mol. The van der Waals surface area contributed by atoms with Gasteiger partial charge in [0.2, 0.25) is 0 Å². The summed E-state index contributed by atoms with van der Waals surface area (Å²) in [5.41, 5.74) is 3.61. The number of hydrogen-bond acceptors (Lipinski definition) is 1. The van der Waals surface area contributed by atoms with Crippen LogP contribution < -0.4 is 0 Å². The molecule has 2 aromatic heterocycles. The zero-order valence-corrected chi connectivity index (χ0v) is 11.6. The number of aryl methyl sites for hydroxylation is 2. The van der Waals surface area contributed by atoms with Gasteiger partial charge in [0.15, 0.2) is 0 Å². The van der Waals surface area contributed by atoms with Crippen LogP contribution in [0.4, 0.5) is 13.2 Å². The first-order valence-electron chi connectivity index (χ1n) is 6.48. The molecule has 0 aliphatic heterocycles. The molecule has 0 saturated carbocycles. The number of halogens is 3. The minimum absolute atomic E-state index is 0.498. The summed E-state index contributed by atoms with van der Waals surface area (Å²) in [6, 6.07) is 8.37. The highest BCUT2D eigenvalue weighted by atomic mass is 19.4. The van der Waals surface area contributed by atoms with Gasteiger partial charge in [-0.15, -0.1) is 0 Å². The highest BCUT2D eigenvalue weighted by Crippen LogP contribution is 2.30. The molecule has 108 valence electrons. The van der Waals surface area contributed by atoms with E-state index in [2.05, 4.69) is 4.98 Å². The number of aromatic nitrogens is 2. The fourth-order valence-electron chi connectivity index (χ4n) is 2.39. The van der Waals surface area contributed by atoms with Crippen molar-refractivity contribution in [1.82, 2.24) is 9.38 Å². The molecule has 0 unspecified atom stereocenters. The summed E-state index contributed by atoms with van der Waals surface area (Å²) in [5.74, 6) is 0. The summed E-state index contributed by atoms with van der Waals surface area (Å²) in [6.45, 7) is 3.96. The number of nitrogens with zero attached hydrogens (tertiary/aromatic N) is 2. The molecule has 21 heavy (non-hydrogen) atoms. The molecular weight excluding hydrogens is 277 g/mol. The van der Waals surface area contributed by atoms with Gasteiger partial charge in [-0.25, -0.2) is 4.98 Å². The fraction of sp³-hybridized carbons (Fsp3) is 0.188. The smallest absolute Gasteiger partial charge is 0.306 e. The Hall–Kier alpha value is -2.30. The average Bonchev–Trinajstić information content (AvgIpc) is 2.79. The number of hydrogen-bond donors (Lipinski definition) is 0. The van der Waals surface area contributed by atoms with E-state index in [-0.39, 0.29) is 0 Å². The first-order chi connectivity index (χ1) is 9.84. The van der Waals surface area contributed by atoms with E-state index in [9.17, 15) is 13.2 Å². The summed E-state index contributed by atoms with van der Waals surface area (Å²) in [6.07, 6.45) is -1.66. The summed E-state index contributed by atoms with van der Waals surface area (Å²) < 4.78 is 39.6. The lowest BCUT2D eigenvalue weighted by Gasteiger charge is -2.05. The van der Waals surface area contributed by atoms with Gasteiger partial charge in [-0.05, 0) is 31.5 Å². The molecule has 1 aromatic carbocycles. The summed E-state index contributed by atoms with van der Waals surface area (Å²) in [4.78, 5) is 4.39. The number of imidazole rings is 1. The molecule has 3 rings (SSSR count). The van der Waals surface area contributed by atoms with Crippen molar-refractivity contribution in [1.29, 1.82) is 0 Å². The Morgan fingerprint density at radius 3 is 2.43 bits per heavy atom. The Bertz CT molecular complexity index is 816. The molecule has 0 saturated heterocycles. The molecule has 2 nitrogen and oxygen atoms in total. The highest BCUT2D eigenvalue weighted by Gasteiger charge is 2.30. The van der Waals surface area contributed by atoms with Gasteiger partial charge in [0.1, 0.15) is 5.65 Å². The third-order valence-corrected chi connectivity index (χ3v) is 3.44. The Labute approximate surface area is 119 Å². The summed E-state index contributed by atoms with van der Waals surface area (Å²) in [7, 11) is 0. The van der Waals surface area contributed by atoms with Crippen LogP contribution in [0.15, 0.2) is 42.7 Å². The van der Waals surface area contributed by atoms with Gasteiger partial charge in [-0.2, -0.15) is 13.2 Å². The Kier molecular flexibility index (Phi) is 3.01. The van der Waals surface area contributed by atoms with Gasteiger partial charge >= 0.3 is 6.18 Å². The van der Waals surface area contributed by atoms with E-state index in [4.69, 9.17) is 0 Å². The van der Waals surface area contributed by atoms with Crippen molar-refractivity contribution in [2.75, 3.05) is 0 Å². The van der Waals surface area contributed by atoms with E-state index >= 15 is 0 Å². The van der Waals surface area contributed by atoms with E-state index in [1.807, 2.05) is 32.0 Å². The lowest BCUT2D eigenvalue weighted by Crippen LogP contribution is -2.05.